The van der Waals surface area contributed by atoms with E-state index < -0.39 is 0 Å². The molecule has 1 nitrogen and oxygen atoms in total. The third kappa shape index (κ3) is 3.87. The first kappa shape index (κ1) is 22.6. The van der Waals surface area contributed by atoms with Gasteiger partial charge in [0.05, 0.1) is 6.10 Å². The second-order valence-electron chi connectivity index (χ2n) is 12.2. The molecule has 30 heavy (non-hydrogen) atoms. The highest BCUT2D eigenvalue weighted by Gasteiger charge is 2.58. The van der Waals surface area contributed by atoms with Gasteiger partial charge in [0.15, 0.2) is 0 Å². The molecule has 0 radical (unpaired) electrons. The number of allylic oxidation sites excluding steroid dienone is 2. The molecule has 0 heterocycles. The Balaban J connectivity index is 1.47. The van der Waals surface area contributed by atoms with Crippen LogP contribution in [0.4, 0.5) is 0 Å². The zero-order valence-electron chi connectivity index (χ0n) is 20.6. The highest BCUT2D eigenvalue weighted by molar-refractivity contribution is 5.26. The first-order valence-corrected chi connectivity index (χ1v) is 13.3. The molecule has 0 amide bonds. The van der Waals surface area contributed by atoms with E-state index in [9.17, 15) is 0 Å². The lowest BCUT2D eigenvalue weighted by molar-refractivity contribution is -0.0534. The quantitative estimate of drug-likeness (QED) is 0.382. The van der Waals surface area contributed by atoms with Gasteiger partial charge in [-0.1, -0.05) is 57.9 Å². The second-order valence-corrected chi connectivity index (χ2v) is 12.2. The van der Waals surface area contributed by atoms with Crippen LogP contribution in [-0.4, -0.2) is 12.7 Å². The van der Waals surface area contributed by atoms with Gasteiger partial charge in [-0.05, 0) is 112 Å². The molecule has 3 fully saturated rings. The fourth-order valence-electron chi connectivity index (χ4n) is 8.59. The van der Waals surface area contributed by atoms with Gasteiger partial charge in [-0.15, -0.1) is 0 Å². The van der Waals surface area contributed by atoms with Gasteiger partial charge in [0, 0.05) is 6.61 Å². The largest absolute Gasteiger partial charge is 0.378 e. The minimum absolute atomic E-state index is 0.449. The summed E-state index contributed by atoms with van der Waals surface area (Å²) in [6.07, 6.45) is 18.0. The predicted molar refractivity (Wildman–Crippen MR) is 128 cm³/mol. The van der Waals surface area contributed by atoms with Gasteiger partial charge in [0.2, 0.25) is 0 Å². The van der Waals surface area contributed by atoms with Crippen molar-refractivity contribution in [2.24, 2.45) is 40.4 Å². The molecular formula is C29H48O. The van der Waals surface area contributed by atoms with Crippen molar-refractivity contribution in [1.29, 1.82) is 0 Å². The van der Waals surface area contributed by atoms with Gasteiger partial charge in [-0.3, -0.25) is 0 Å². The van der Waals surface area contributed by atoms with Crippen molar-refractivity contribution >= 4 is 0 Å². The van der Waals surface area contributed by atoms with Crippen LogP contribution >= 0.6 is 0 Å². The fourth-order valence-corrected chi connectivity index (χ4v) is 8.59. The Hall–Kier alpha value is -0.560. The van der Waals surface area contributed by atoms with Gasteiger partial charge < -0.3 is 4.74 Å². The Bertz CT molecular complexity index is 659. The normalized spacial score (nSPS) is 43.0. The van der Waals surface area contributed by atoms with Gasteiger partial charge in [0.1, 0.15) is 0 Å². The zero-order chi connectivity index (χ0) is 21.5. The smallest absolute Gasteiger partial charge is 0.0612 e. The number of rotatable bonds is 7. The van der Waals surface area contributed by atoms with E-state index in [1.165, 1.54) is 70.6 Å². The summed E-state index contributed by atoms with van der Waals surface area (Å²) < 4.78 is 6.03. The van der Waals surface area contributed by atoms with Crippen LogP contribution in [-0.2, 0) is 4.74 Å². The van der Waals surface area contributed by atoms with Crippen LogP contribution in [0.5, 0.6) is 0 Å². The summed E-state index contributed by atoms with van der Waals surface area (Å²) in [7, 11) is 0. The van der Waals surface area contributed by atoms with Crippen molar-refractivity contribution in [2.75, 3.05) is 6.61 Å². The van der Waals surface area contributed by atoms with Crippen LogP contribution in [0.2, 0.25) is 0 Å². The highest BCUT2D eigenvalue weighted by atomic mass is 16.5. The lowest BCUT2D eigenvalue weighted by Crippen LogP contribution is -2.50. The van der Waals surface area contributed by atoms with Crippen LogP contribution < -0.4 is 0 Å². The molecule has 1 heteroatoms. The maximum Gasteiger partial charge on any atom is 0.0612 e. The maximum atomic E-state index is 6.03. The van der Waals surface area contributed by atoms with E-state index in [1.807, 2.05) is 0 Å². The molecule has 0 spiro atoms. The van der Waals surface area contributed by atoms with Crippen LogP contribution in [0.3, 0.4) is 0 Å². The number of fused-ring (bicyclic) bond motifs is 5. The minimum Gasteiger partial charge on any atom is -0.378 e. The highest BCUT2D eigenvalue weighted by Crippen LogP contribution is 2.67. The van der Waals surface area contributed by atoms with Crippen molar-refractivity contribution in [3.05, 3.63) is 23.8 Å². The van der Waals surface area contributed by atoms with Gasteiger partial charge in [-0.2, -0.15) is 0 Å². The number of hydrogen-bond acceptors (Lipinski definition) is 1. The van der Waals surface area contributed by atoms with Crippen LogP contribution in [0.15, 0.2) is 23.8 Å². The first-order valence-electron chi connectivity index (χ1n) is 13.3. The summed E-state index contributed by atoms with van der Waals surface area (Å²) in [6.45, 7) is 17.6. The summed E-state index contributed by atoms with van der Waals surface area (Å²) >= 11 is 0. The molecule has 4 aliphatic rings. The lowest BCUT2D eigenvalue weighted by Gasteiger charge is -2.58. The molecule has 4 unspecified atom stereocenters. The molecular weight excluding hydrogens is 364 g/mol. The molecule has 0 bridgehead atoms. The molecule has 170 valence electrons. The molecule has 0 aromatic carbocycles. The average molecular weight is 413 g/mol. The fraction of sp³-hybridized carbons (Fsp3) is 0.862. The number of ether oxygens (including phenoxy) is 1. The Kier molecular flexibility index (Phi) is 6.61. The summed E-state index contributed by atoms with van der Waals surface area (Å²) in [6, 6.07) is 0. The van der Waals surface area contributed by atoms with Gasteiger partial charge in [0.25, 0.3) is 0 Å². The standard InChI is InChI=1S/C29H48O/c1-7-30-23-15-17-28(5)22(19-23)11-12-24-26-14-13-25(21(4)10-8-9-20(2)3)29(26,6)18-16-27(24)28/h11,20,23-27H,4,7-10,12-19H2,1-3,5-6H3/t23-,24?,25?,26?,27?,28-,29+/m0/s1. The molecule has 0 aliphatic heterocycles. The molecule has 4 aliphatic carbocycles. The second kappa shape index (κ2) is 8.76. The SMILES string of the molecule is C=C(CCCC(C)C)C1CCC2C3CC=C4C[C@@H](OCC)CC[C@]4(C)C3CC[C@]12C. The molecule has 3 saturated carbocycles. The van der Waals surface area contributed by atoms with Crippen LogP contribution in [0.1, 0.15) is 105 Å². The van der Waals surface area contributed by atoms with E-state index in [4.69, 9.17) is 4.74 Å². The van der Waals surface area contributed by atoms with Crippen LogP contribution in [0.25, 0.3) is 0 Å². The van der Waals surface area contributed by atoms with Gasteiger partial charge in [-0.25, -0.2) is 0 Å². The van der Waals surface area contributed by atoms with E-state index in [1.54, 1.807) is 11.1 Å². The first-order chi connectivity index (χ1) is 14.3. The number of hydrogen-bond donors (Lipinski definition) is 0. The van der Waals surface area contributed by atoms with Crippen LogP contribution in [0, 0.1) is 40.4 Å². The van der Waals surface area contributed by atoms with Crippen molar-refractivity contribution < 1.29 is 4.74 Å². The summed E-state index contributed by atoms with van der Waals surface area (Å²) in [5.74, 6) is 4.34. The van der Waals surface area contributed by atoms with Gasteiger partial charge >= 0.3 is 0 Å². The van der Waals surface area contributed by atoms with Crippen molar-refractivity contribution in [2.45, 2.75) is 111 Å². The lowest BCUT2D eigenvalue weighted by atomic mass is 9.47. The van der Waals surface area contributed by atoms with E-state index >= 15 is 0 Å². The summed E-state index contributed by atoms with van der Waals surface area (Å²) in [5.41, 5.74) is 4.31. The summed E-state index contributed by atoms with van der Waals surface area (Å²) in [4.78, 5) is 0. The van der Waals surface area contributed by atoms with E-state index in [0.717, 1.165) is 36.2 Å². The third-order valence-corrected chi connectivity index (χ3v) is 10.2. The van der Waals surface area contributed by atoms with E-state index in [-0.39, 0.29) is 0 Å². The Morgan fingerprint density at radius 3 is 2.67 bits per heavy atom. The third-order valence-electron chi connectivity index (χ3n) is 10.2. The van der Waals surface area contributed by atoms with Crippen molar-refractivity contribution in [3.63, 3.8) is 0 Å². The van der Waals surface area contributed by atoms with Crippen molar-refractivity contribution in [1.82, 2.24) is 0 Å². The zero-order valence-corrected chi connectivity index (χ0v) is 20.6. The molecule has 7 atom stereocenters. The molecule has 0 aromatic heterocycles. The maximum absolute atomic E-state index is 6.03. The molecule has 0 aromatic rings. The van der Waals surface area contributed by atoms with E-state index in [0.29, 0.717) is 16.9 Å². The molecule has 4 rings (SSSR count). The summed E-state index contributed by atoms with van der Waals surface area (Å²) in [5, 5.41) is 0. The Morgan fingerprint density at radius 2 is 1.93 bits per heavy atom. The Labute approximate surface area is 187 Å². The predicted octanol–water partition coefficient (Wildman–Crippen LogP) is 8.35. The minimum atomic E-state index is 0.449. The topological polar surface area (TPSA) is 9.23 Å². The molecule has 0 N–H and O–H groups in total. The molecule has 0 saturated heterocycles. The monoisotopic (exact) mass is 412 g/mol. The Morgan fingerprint density at radius 1 is 1.13 bits per heavy atom. The average Bonchev–Trinajstić information content (AvgIpc) is 3.05. The van der Waals surface area contributed by atoms with E-state index in [2.05, 4.69) is 47.3 Å². The van der Waals surface area contributed by atoms with Crippen molar-refractivity contribution in [3.8, 4) is 0 Å².